The van der Waals surface area contributed by atoms with Crippen molar-refractivity contribution in [3.05, 3.63) is 23.0 Å². The van der Waals surface area contributed by atoms with E-state index in [4.69, 9.17) is 16.7 Å². The number of halogens is 1. The predicted octanol–water partition coefficient (Wildman–Crippen LogP) is 1.75. The van der Waals surface area contributed by atoms with E-state index in [1.807, 2.05) is 6.92 Å². The average Bonchev–Trinajstić information content (AvgIpc) is 2.37. The van der Waals surface area contributed by atoms with Crippen LogP contribution in [0.4, 0.5) is 0 Å². The minimum absolute atomic E-state index is 0.151. The van der Waals surface area contributed by atoms with Gasteiger partial charge in [-0.05, 0) is 30.9 Å². The van der Waals surface area contributed by atoms with Crippen LogP contribution in [0.1, 0.15) is 36.7 Å². The van der Waals surface area contributed by atoms with Gasteiger partial charge in [0.25, 0.3) is 5.91 Å². The Balaban J connectivity index is 2.27. The number of hydrogen-bond donors (Lipinski definition) is 2. The summed E-state index contributed by atoms with van der Waals surface area (Å²) < 4.78 is 0. The van der Waals surface area contributed by atoms with Crippen LogP contribution in [0.5, 0.6) is 0 Å². The Morgan fingerprint density at radius 3 is 2.68 bits per heavy atom. The highest BCUT2D eigenvalue weighted by atomic mass is 35.5. The van der Waals surface area contributed by atoms with Crippen molar-refractivity contribution in [1.29, 1.82) is 0 Å². The third-order valence-electron chi connectivity index (χ3n) is 2.64. The fourth-order valence-electron chi connectivity index (χ4n) is 1.47. The number of nitrogens with one attached hydrogen (secondary N) is 1. The van der Waals surface area contributed by atoms with Gasteiger partial charge in [0.15, 0.2) is 10.8 Å². The molecule has 19 heavy (non-hydrogen) atoms. The molecular formula is C12H16ClN3O3. The number of carbonyl (C=O) groups excluding carboxylic acids is 1. The van der Waals surface area contributed by atoms with Crippen molar-refractivity contribution in [3.8, 4) is 0 Å². The Kier molecular flexibility index (Phi) is 6.21. The molecule has 1 atom stereocenters. The lowest BCUT2D eigenvalue weighted by atomic mass is 10.0. The summed E-state index contributed by atoms with van der Waals surface area (Å²) in [4.78, 5) is 22.1. The number of hydrogen-bond acceptors (Lipinski definition) is 4. The molecule has 0 aromatic carbocycles. The summed E-state index contributed by atoms with van der Waals surface area (Å²) in [5.41, 5.74) is 0.211. The van der Waals surface area contributed by atoms with Gasteiger partial charge in [0.1, 0.15) is 0 Å². The molecule has 0 bridgehead atoms. The van der Waals surface area contributed by atoms with E-state index in [1.54, 1.807) is 0 Å². The van der Waals surface area contributed by atoms with Crippen LogP contribution in [0.25, 0.3) is 0 Å². The van der Waals surface area contributed by atoms with Crippen molar-refractivity contribution in [3.63, 3.8) is 0 Å². The molecule has 1 rings (SSSR count). The molecule has 104 valence electrons. The van der Waals surface area contributed by atoms with E-state index in [2.05, 4.69) is 15.5 Å². The number of rotatable bonds is 7. The first kappa shape index (κ1) is 15.4. The van der Waals surface area contributed by atoms with Gasteiger partial charge >= 0.3 is 5.97 Å². The number of carboxylic acid groups (broad SMARTS) is 1. The zero-order valence-corrected chi connectivity index (χ0v) is 11.4. The summed E-state index contributed by atoms with van der Waals surface area (Å²) in [6, 6.07) is 3.00. The summed E-state index contributed by atoms with van der Waals surface area (Å²) in [6.07, 6.45) is 1.48. The number of carboxylic acids is 1. The van der Waals surface area contributed by atoms with Gasteiger partial charge in [0.05, 0.1) is 0 Å². The van der Waals surface area contributed by atoms with Crippen molar-refractivity contribution in [2.75, 3.05) is 6.54 Å². The minimum Gasteiger partial charge on any atom is -0.481 e. The van der Waals surface area contributed by atoms with E-state index in [0.29, 0.717) is 13.0 Å². The minimum atomic E-state index is -0.799. The number of aliphatic carboxylic acids is 1. The smallest absolute Gasteiger partial charge is 0.303 e. The average molecular weight is 286 g/mol. The van der Waals surface area contributed by atoms with Crippen LogP contribution in [0.2, 0.25) is 5.15 Å². The van der Waals surface area contributed by atoms with Gasteiger partial charge in [-0.3, -0.25) is 9.59 Å². The van der Waals surface area contributed by atoms with Gasteiger partial charge in [-0.2, -0.15) is 0 Å². The molecule has 0 saturated heterocycles. The third-order valence-corrected chi connectivity index (χ3v) is 2.84. The standard InChI is InChI=1S/C12H16ClN3O3/c1-8(2-5-11(17)18)6-7-14-12(19)9-3-4-10(13)16-15-9/h3-4,8H,2,5-7H2,1H3,(H,14,19)(H,17,18). The maximum atomic E-state index is 11.7. The fraction of sp³-hybridized carbons (Fsp3) is 0.500. The molecule has 0 aliphatic heterocycles. The largest absolute Gasteiger partial charge is 0.481 e. The molecule has 0 aliphatic carbocycles. The zero-order valence-electron chi connectivity index (χ0n) is 10.6. The second kappa shape index (κ2) is 7.68. The monoisotopic (exact) mass is 285 g/mol. The molecule has 0 radical (unpaired) electrons. The lowest BCUT2D eigenvalue weighted by Gasteiger charge is -2.10. The van der Waals surface area contributed by atoms with Crippen molar-refractivity contribution in [2.45, 2.75) is 26.2 Å². The van der Waals surface area contributed by atoms with Crippen molar-refractivity contribution in [1.82, 2.24) is 15.5 Å². The van der Waals surface area contributed by atoms with Crippen LogP contribution in [-0.4, -0.2) is 33.7 Å². The molecule has 2 N–H and O–H groups in total. The number of nitrogens with zero attached hydrogens (tertiary/aromatic N) is 2. The second-order valence-corrected chi connectivity index (χ2v) is 4.71. The molecule has 1 unspecified atom stereocenters. The van der Waals surface area contributed by atoms with Gasteiger partial charge in [-0.25, -0.2) is 0 Å². The first-order valence-electron chi connectivity index (χ1n) is 5.98. The maximum Gasteiger partial charge on any atom is 0.303 e. The zero-order chi connectivity index (χ0) is 14.3. The molecule has 6 nitrogen and oxygen atoms in total. The van der Waals surface area contributed by atoms with Crippen LogP contribution >= 0.6 is 11.6 Å². The highest BCUT2D eigenvalue weighted by Gasteiger charge is 2.09. The Labute approximate surface area is 116 Å². The van der Waals surface area contributed by atoms with Crippen LogP contribution < -0.4 is 5.32 Å². The third kappa shape index (κ3) is 6.15. The van der Waals surface area contributed by atoms with Gasteiger partial charge < -0.3 is 10.4 Å². The maximum absolute atomic E-state index is 11.7. The molecule has 1 amide bonds. The van der Waals surface area contributed by atoms with Crippen LogP contribution in [-0.2, 0) is 4.79 Å². The van der Waals surface area contributed by atoms with E-state index in [9.17, 15) is 9.59 Å². The van der Waals surface area contributed by atoms with E-state index < -0.39 is 5.97 Å². The highest BCUT2D eigenvalue weighted by Crippen LogP contribution is 2.09. The Morgan fingerprint density at radius 1 is 1.37 bits per heavy atom. The topological polar surface area (TPSA) is 92.2 Å². The molecular weight excluding hydrogens is 270 g/mol. The quantitative estimate of drug-likeness (QED) is 0.796. The molecule has 0 fully saturated rings. The van der Waals surface area contributed by atoms with Crippen molar-refractivity contribution in [2.24, 2.45) is 5.92 Å². The summed E-state index contributed by atoms with van der Waals surface area (Å²) >= 11 is 5.57. The van der Waals surface area contributed by atoms with E-state index in [0.717, 1.165) is 6.42 Å². The normalized spacial score (nSPS) is 11.9. The van der Waals surface area contributed by atoms with Gasteiger partial charge in [0.2, 0.25) is 0 Å². The van der Waals surface area contributed by atoms with Crippen molar-refractivity contribution >= 4 is 23.5 Å². The van der Waals surface area contributed by atoms with E-state index in [-0.39, 0.29) is 29.1 Å². The summed E-state index contributed by atoms with van der Waals surface area (Å²) in [6.45, 7) is 2.43. The van der Waals surface area contributed by atoms with Crippen LogP contribution in [0, 0.1) is 5.92 Å². The SMILES string of the molecule is CC(CCNC(=O)c1ccc(Cl)nn1)CCC(=O)O. The first-order chi connectivity index (χ1) is 8.99. The number of aromatic nitrogens is 2. The van der Waals surface area contributed by atoms with Gasteiger partial charge in [0, 0.05) is 13.0 Å². The molecule has 1 heterocycles. The lowest BCUT2D eigenvalue weighted by Crippen LogP contribution is -2.26. The first-order valence-corrected chi connectivity index (χ1v) is 6.36. The Morgan fingerprint density at radius 2 is 2.11 bits per heavy atom. The van der Waals surface area contributed by atoms with Gasteiger partial charge in [-0.15, -0.1) is 10.2 Å². The molecule has 0 spiro atoms. The molecule has 1 aromatic rings. The highest BCUT2D eigenvalue weighted by molar-refractivity contribution is 6.29. The number of amides is 1. The van der Waals surface area contributed by atoms with E-state index >= 15 is 0 Å². The lowest BCUT2D eigenvalue weighted by molar-refractivity contribution is -0.137. The predicted molar refractivity (Wildman–Crippen MR) is 70.0 cm³/mol. The summed E-state index contributed by atoms with van der Waals surface area (Å²) in [5, 5.41) is 18.7. The second-order valence-electron chi connectivity index (χ2n) is 4.32. The van der Waals surface area contributed by atoms with E-state index in [1.165, 1.54) is 12.1 Å². The molecule has 1 aromatic heterocycles. The Bertz CT molecular complexity index is 436. The Hall–Kier alpha value is -1.69. The summed E-state index contributed by atoms with van der Waals surface area (Å²) in [7, 11) is 0. The number of carbonyl (C=O) groups is 2. The van der Waals surface area contributed by atoms with Crippen LogP contribution in [0.15, 0.2) is 12.1 Å². The molecule has 0 aliphatic rings. The summed E-state index contributed by atoms with van der Waals surface area (Å²) in [5.74, 6) is -0.866. The van der Waals surface area contributed by atoms with Gasteiger partial charge in [-0.1, -0.05) is 18.5 Å². The van der Waals surface area contributed by atoms with Crippen LogP contribution in [0.3, 0.4) is 0 Å². The van der Waals surface area contributed by atoms with Crippen molar-refractivity contribution < 1.29 is 14.7 Å². The molecule has 7 heteroatoms. The fourth-order valence-corrected chi connectivity index (χ4v) is 1.57. The molecule has 0 saturated carbocycles.